The third-order valence-electron chi connectivity index (χ3n) is 2.07. The molecule has 0 aliphatic carbocycles. The standard InChI is InChI=1S/C11H22N2O4/c1-5-17-11(3,4)7-12-10(16)13-8(2)6-9(14)15/h8H,5-7H2,1-4H3,(H,14,15)(H2,12,13,16). The van der Waals surface area contributed by atoms with Crippen LogP contribution in [0.4, 0.5) is 4.79 Å². The Morgan fingerprint density at radius 1 is 1.41 bits per heavy atom. The van der Waals surface area contributed by atoms with Gasteiger partial charge in [0.05, 0.1) is 12.0 Å². The van der Waals surface area contributed by atoms with Gasteiger partial charge in [-0.25, -0.2) is 4.79 Å². The van der Waals surface area contributed by atoms with Crippen LogP contribution in [0.3, 0.4) is 0 Å². The molecule has 6 heteroatoms. The van der Waals surface area contributed by atoms with E-state index >= 15 is 0 Å². The van der Waals surface area contributed by atoms with E-state index in [-0.39, 0.29) is 12.5 Å². The van der Waals surface area contributed by atoms with Gasteiger partial charge in [0.25, 0.3) is 0 Å². The maximum atomic E-state index is 11.4. The summed E-state index contributed by atoms with van der Waals surface area (Å²) in [5.41, 5.74) is -0.428. The van der Waals surface area contributed by atoms with Crippen LogP contribution >= 0.6 is 0 Å². The van der Waals surface area contributed by atoms with Crippen molar-refractivity contribution in [1.82, 2.24) is 10.6 Å². The number of nitrogens with one attached hydrogen (secondary N) is 2. The lowest BCUT2D eigenvalue weighted by Crippen LogP contribution is -2.47. The maximum absolute atomic E-state index is 11.4. The highest BCUT2D eigenvalue weighted by atomic mass is 16.5. The molecule has 0 radical (unpaired) electrons. The van der Waals surface area contributed by atoms with Gasteiger partial charge in [-0.3, -0.25) is 4.79 Å². The van der Waals surface area contributed by atoms with Gasteiger partial charge in [-0.2, -0.15) is 0 Å². The fraction of sp³-hybridized carbons (Fsp3) is 0.818. The van der Waals surface area contributed by atoms with Crippen molar-refractivity contribution in [1.29, 1.82) is 0 Å². The Kier molecular flexibility index (Phi) is 6.57. The number of aliphatic carboxylic acids is 1. The number of amides is 2. The largest absolute Gasteiger partial charge is 0.481 e. The van der Waals surface area contributed by atoms with Crippen LogP contribution in [0.2, 0.25) is 0 Å². The number of urea groups is 1. The molecule has 0 aliphatic heterocycles. The zero-order chi connectivity index (χ0) is 13.5. The topological polar surface area (TPSA) is 87.7 Å². The Morgan fingerprint density at radius 3 is 2.47 bits per heavy atom. The molecule has 0 aliphatic rings. The van der Waals surface area contributed by atoms with Gasteiger partial charge < -0.3 is 20.5 Å². The van der Waals surface area contributed by atoms with E-state index in [2.05, 4.69) is 10.6 Å². The van der Waals surface area contributed by atoms with Crippen molar-refractivity contribution in [3.05, 3.63) is 0 Å². The first-order chi connectivity index (χ1) is 7.76. The summed E-state index contributed by atoms with van der Waals surface area (Å²) in [5, 5.41) is 13.7. The molecule has 0 bridgehead atoms. The number of carboxylic acids is 1. The highest BCUT2D eigenvalue weighted by Gasteiger charge is 2.19. The summed E-state index contributed by atoms with van der Waals surface area (Å²) < 4.78 is 5.41. The zero-order valence-corrected chi connectivity index (χ0v) is 10.9. The van der Waals surface area contributed by atoms with Gasteiger partial charge in [0.2, 0.25) is 0 Å². The van der Waals surface area contributed by atoms with Crippen molar-refractivity contribution in [2.75, 3.05) is 13.2 Å². The predicted molar refractivity (Wildman–Crippen MR) is 64.0 cm³/mol. The molecule has 2 amide bonds. The monoisotopic (exact) mass is 246 g/mol. The van der Waals surface area contributed by atoms with Gasteiger partial charge >= 0.3 is 12.0 Å². The molecule has 0 fully saturated rings. The highest BCUT2D eigenvalue weighted by molar-refractivity contribution is 5.75. The van der Waals surface area contributed by atoms with Crippen molar-refractivity contribution in [3.63, 3.8) is 0 Å². The van der Waals surface area contributed by atoms with Crippen molar-refractivity contribution >= 4 is 12.0 Å². The summed E-state index contributed by atoms with van der Waals surface area (Å²) in [6, 6.07) is -0.783. The first kappa shape index (κ1) is 15.7. The molecule has 0 rings (SSSR count). The van der Waals surface area contributed by atoms with Crippen molar-refractivity contribution < 1.29 is 19.4 Å². The van der Waals surface area contributed by atoms with Crippen LogP contribution in [0, 0.1) is 0 Å². The third kappa shape index (κ3) is 8.50. The van der Waals surface area contributed by atoms with E-state index in [9.17, 15) is 9.59 Å². The average molecular weight is 246 g/mol. The summed E-state index contributed by atoms with van der Waals surface area (Å²) in [5.74, 6) is -0.938. The molecule has 0 aromatic carbocycles. The molecule has 0 spiro atoms. The van der Waals surface area contributed by atoms with E-state index < -0.39 is 17.6 Å². The fourth-order valence-corrected chi connectivity index (χ4v) is 1.32. The minimum Gasteiger partial charge on any atom is -0.481 e. The van der Waals surface area contributed by atoms with Crippen molar-refractivity contribution in [2.24, 2.45) is 0 Å². The predicted octanol–water partition coefficient (Wildman–Crippen LogP) is 0.964. The number of hydrogen-bond acceptors (Lipinski definition) is 3. The van der Waals surface area contributed by atoms with Gasteiger partial charge in [0, 0.05) is 19.2 Å². The third-order valence-corrected chi connectivity index (χ3v) is 2.07. The minimum absolute atomic E-state index is 0.0950. The Bertz CT molecular complexity index is 266. The zero-order valence-electron chi connectivity index (χ0n) is 10.9. The molecule has 100 valence electrons. The van der Waals surface area contributed by atoms with Gasteiger partial charge in [0.1, 0.15) is 0 Å². The van der Waals surface area contributed by atoms with Crippen LogP contribution in [0.5, 0.6) is 0 Å². The number of carboxylic acid groups (broad SMARTS) is 1. The lowest BCUT2D eigenvalue weighted by molar-refractivity contribution is -0.137. The van der Waals surface area contributed by atoms with Crippen LogP contribution in [0.25, 0.3) is 0 Å². The maximum Gasteiger partial charge on any atom is 0.315 e. The van der Waals surface area contributed by atoms with Crippen LogP contribution in [-0.4, -0.2) is 41.9 Å². The Morgan fingerprint density at radius 2 is 2.00 bits per heavy atom. The molecule has 0 heterocycles. The lowest BCUT2D eigenvalue weighted by Gasteiger charge is -2.25. The van der Waals surface area contributed by atoms with Crippen molar-refractivity contribution in [2.45, 2.75) is 45.8 Å². The Labute approximate surface area is 102 Å². The van der Waals surface area contributed by atoms with Crippen LogP contribution in [-0.2, 0) is 9.53 Å². The summed E-state index contributed by atoms with van der Waals surface area (Å²) >= 11 is 0. The number of carbonyl (C=O) groups is 2. The van der Waals surface area contributed by atoms with E-state index in [1.807, 2.05) is 20.8 Å². The molecule has 1 atom stereocenters. The number of hydrogen-bond donors (Lipinski definition) is 3. The summed E-state index contributed by atoms with van der Waals surface area (Å²) in [7, 11) is 0. The van der Waals surface area contributed by atoms with E-state index in [0.29, 0.717) is 13.2 Å². The van der Waals surface area contributed by atoms with E-state index in [1.165, 1.54) is 0 Å². The number of ether oxygens (including phenoxy) is 1. The van der Waals surface area contributed by atoms with Crippen LogP contribution < -0.4 is 10.6 Å². The molecule has 1 unspecified atom stereocenters. The Balaban J connectivity index is 3.90. The quantitative estimate of drug-likeness (QED) is 0.624. The molecule has 0 aromatic heterocycles. The lowest BCUT2D eigenvalue weighted by atomic mass is 10.1. The first-order valence-electron chi connectivity index (χ1n) is 5.67. The molecule has 3 N–H and O–H groups in total. The van der Waals surface area contributed by atoms with E-state index in [1.54, 1.807) is 6.92 Å². The molecule has 0 saturated carbocycles. The van der Waals surface area contributed by atoms with Crippen LogP contribution in [0.1, 0.15) is 34.1 Å². The first-order valence-corrected chi connectivity index (χ1v) is 5.67. The summed E-state index contributed by atoms with van der Waals surface area (Å²) in [6.07, 6.45) is -0.0950. The smallest absolute Gasteiger partial charge is 0.315 e. The van der Waals surface area contributed by atoms with Crippen molar-refractivity contribution in [3.8, 4) is 0 Å². The van der Waals surface area contributed by atoms with Gasteiger partial charge in [-0.1, -0.05) is 0 Å². The summed E-state index contributed by atoms with van der Waals surface area (Å²) in [4.78, 5) is 21.8. The van der Waals surface area contributed by atoms with Crippen LogP contribution in [0.15, 0.2) is 0 Å². The summed E-state index contributed by atoms with van der Waals surface area (Å²) in [6.45, 7) is 8.21. The highest BCUT2D eigenvalue weighted by Crippen LogP contribution is 2.06. The molecule has 17 heavy (non-hydrogen) atoms. The average Bonchev–Trinajstić information content (AvgIpc) is 2.13. The second-order valence-corrected chi connectivity index (χ2v) is 4.52. The molecule has 0 saturated heterocycles. The molecular formula is C11H22N2O4. The van der Waals surface area contributed by atoms with Gasteiger partial charge in [-0.15, -0.1) is 0 Å². The number of rotatable bonds is 7. The molecular weight excluding hydrogens is 224 g/mol. The van der Waals surface area contributed by atoms with Gasteiger partial charge in [-0.05, 0) is 27.7 Å². The second kappa shape index (κ2) is 7.11. The fourth-order valence-electron chi connectivity index (χ4n) is 1.32. The molecule has 6 nitrogen and oxygen atoms in total. The SMILES string of the molecule is CCOC(C)(C)CNC(=O)NC(C)CC(=O)O. The second-order valence-electron chi connectivity index (χ2n) is 4.52. The van der Waals surface area contributed by atoms with Gasteiger partial charge in [0.15, 0.2) is 0 Å². The minimum atomic E-state index is -0.938. The Hall–Kier alpha value is -1.30. The van der Waals surface area contributed by atoms with E-state index in [0.717, 1.165) is 0 Å². The number of carbonyl (C=O) groups excluding carboxylic acids is 1. The molecule has 0 aromatic rings. The normalized spacial score (nSPS) is 12.9. The van der Waals surface area contributed by atoms with E-state index in [4.69, 9.17) is 9.84 Å².